The molecule has 162 valence electrons. The zero-order valence-corrected chi connectivity index (χ0v) is 16.3. The van der Waals surface area contributed by atoms with Gasteiger partial charge >= 0.3 is 11.9 Å². The smallest absolute Gasteiger partial charge is 0.332 e. The molecule has 0 aliphatic rings. The zero-order chi connectivity index (χ0) is 22.2. The van der Waals surface area contributed by atoms with Crippen LogP contribution in [0.15, 0.2) is 46.5 Å². The lowest BCUT2D eigenvalue weighted by atomic mass is 10.1. The number of alkyl halides is 3. The lowest BCUT2D eigenvalue weighted by Crippen LogP contribution is -2.35. The van der Waals surface area contributed by atoms with Gasteiger partial charge in [-0.3, -0.25) is 24.0 Å². The number of nitrogens with zero attached hydrogens (tertiary/aromatic N) is 5. The predicted molar refractivity (Wildman–Crippen MR) is 106 cm³/mol. The van der Waals surface area contributed by atoms with Gasteiger partial charge in [0.05, 0.1) is 11.8 Å². The van der Waals surface area contributed by atoms with Crippen molar-refractivity contribution >= 4 is 11.2 Å². The van der Waals surface area contributed by atoms with Gasteiger partial charge in [-0.05, 0) is 12.5 Å². The first-order chi connectivity index (χ1) is 14.8. The molecule has 9 nitrogen and oxygen atoms in total. The van der Waals surface area contributed by atoms with E-state index in [9.17, 15) is 22.8 Å². The summed E-state index contributed by atoms with van der Waals surface area (Å²) < 4.78 is 43.0. The van der Waals surface area contributed by atoms with E-state index < -0.39 is 23.5 Å². The molecule has 31 heavy (non-hydrogen) atoms. The molecule has 12 heteroatoms. The van der Waals surface area contributed by atoms with E-state index in [-0.39, 0.29) is 34.7 Å². The van der Waals surface area contributed by atoms with Crippen molar-refractivity contribution in [2.75, 3.05) is 0 Å². The summed E-state index contributed by atoms with van der Waals surface area (Å²) in [5, 5.41) is 3.86. The summed E-state index contributed by atoms with van der Waals surface area (Å²) in [6, 6.07) is 0.694. The van der Waals surface area contributed by atoms with Crippen molar-refractivity contribution in [2.24, 2.45) is 0 Å². The van der Waals surface area contributed by atoms with Crippen molar-refractivity contribution in [3.63, 3.8) is 0 Å². The van der Waals surface area contributed by atoms with Gasteiger partial charge in [0.2, 0.25) is 0 Å². The Morgan fingerprint density at radius 2 is 2.00 bits per heavy atom. The van der Waals surface area contributed by atoms with Crippen LogP contribution in [0.5, 0.6) is 0 Å². The van der Waals surface area contributed by atoms with E-state index in [0.29, 0.717) is 6.42 Å². The zero-order valence-electron chi connectivity index (χ0n) is 16.3. The number of unbranched alkanes of at least 4 members (excludes halogenated alkanes) is 1. The Morgan fingerprint density at radius 3 is 2.68 bits per heavy atom. The van der Waals surface area contributed by atoms with E-state index in [1.165, 1.54) is 30.7 Å². The van der Waals surface area contributed by atoms with Crippen molar-refractivity contribution in [1.82, 2.24) is 34.3 Å². The lowest BCUT2D eigenvalue weighted by Gasteiger charge is -2.20. The molecular formula is C19H18F3N7O2. The van der Waals surface area contributed by atoms with Crippen LogP contribution >= 0.6 is 0 Å². The number of nitrogens with one attached hydrogen (secondary N) is 2. The van der Waals surface area contributed by atoms with Gasteiger partial charge in [-0.25, -0.2) is 9.78 Å². The van der Waals surface area contributed by atoms with E-state index >= 15 is 0 Å². The van der Waals surface area contributed by atoms with Crippen LogP contribution in [0.4, 0.5) is 13.2 Å². The first-order valence-electron chi connectivity index (χ1n) is 9.53. The number of fused-ring (bicyclic) bond motifs is 1. The fourth-order valence-corrected chi connectivity index (χ4v) is 3.30. The fraction of sp³-hybridized carbons (Fsp3) is 0.316. The van der Waals surface area contributed by atoms with Gasteiger partial charge in [-0.1, -0.05) is 19.4 Å². The quantitative estimate of drug-likeness (QED) is 0.485. The summed E-state index contributed by atoms with van der Waals surface area (Å²) in [7, 11) is 0. The third-order valence-electron chi connectivity index (χ3n) is 4.82. The maximum atomic E-state index is 13.7. The minimum atomic E-state index is -4.61. The molecule has 0 saturated heterocycles. The van der Waals surface area contributed by atoms with Gasteiger partial charge in [0, 0.05) is 30.7 Å². The summed E-state index contributed by atoms with van der Waals surface area (Å²) in [6.07, 6.45) is 1.73. The Bertz CT molecular complexity index is 1320. The van der Waals surface area contributed by atoms with Crippen molar-refractivity contribution < 1.29 is 13.2 Å². The number of hydrogen-bond acceptors (Lipinski definition) is 5. The van der Waals surface area contributed by atoms with Crippen LogP contribution in [0.25, 0.3) is 22.6 Å². The molecule has 4 aromatic heterocycles. The summed E-state index contributed by atoms with van der Waals surface area (Å²) in [4.78, 5) is 38.0. The Labute approximate surface area is 172 Å². The SMILES string of the molecule is CCCCn1c(=O)[nH]c2nc(-c3cnn(C(c4cccnc4)C(F)(F)F)c3)[nH]c2c1=O. The van der Waals surface area contributed by atoms with Crippen LogP contribution in [-0.2, 0) is 6.54 Å². The molecule has 0 saturated carbocycles. The van der Waals surface area contributed by atoms with E-state index in [4.69, 9.17) is 0 Å². The second-order valence-electron chi connectivity index (χ2n) is 6.99. The number of hydrogen-bond donors (Lipinski definition) is 2. The number of H-pyrrole nitrogens is 2. The molecule has 0 aromatic carbocycles. The molecule has 4 aromatic rings. The Morgan fingerprint density at radius 1 is 1.19 bits per heavy atom. The minimum Gasteiger partial charge on any atom is -0.332 e. The Balaban J connectivity index is 1.76. The molecule has 0 amide bonds. The van der Waals surface area contributed by atoms with E-state index in [2.05, 4.69) is 25.0 Å². The molecule has 4 heterocycles. The first-order valence-corrected chi connectivity index (χ1v) is 9.53. The van der Waals surface area contributed by atoms with Crippen molar-refractivity contribution in [3.8, 4) is 11.4 Å². The molecule has 4 rings (SSSR count). The molecule has 2 N–H and O–H groups in total. The van der Waals surface area contributed by atoms with Gasteiger partial charge < -0.3 is 4.98 Å². The summed E-state index contributed by atoms with van der Waals surface area (Å²) in [5.41, 5.74) is -0.870. The molecule has 0 bridgehead atoms. The van der Waals surface area contributed by atoms with Crippen molar-refractivity contribution in [3.05, 3.63) is 63.3 Å². The van der Waals surface area contributed by atoms with Gasteiger partial charge in [0.15, 0.2) is 11.7 Å². The van der Waals surface area contributed by atoms with Crippen LogP contribution < -0.4 is 11.2 Å². The highest BCUT2D eigenvalue weighted by Gasteiger charge is 2.43. The van der Waals surface area contributed by atoms with E-state index in [1.807, 2.05) is 6.92 Å². The maximum Gasteiger partial charge on any atom is 0.415 e. The van der Waals surface area contributed by atoms with Gasteiger partial charge in [0.25, 0.3) is 5.56 Å². The van der Waals surface area contributed by atoms with Gasteiger partial charge in [-0.2, -0.15) is 18.3 Å². The highest BCUT2D eigenvalue weighted by Crippen LogP contribution is 2.36. The number of imidazole rings is 1. The lowest BCUT2D eigenvalue weighted by molar-refractivity contribution is -0.159. The highest BCUT2D eigenvalue weighted by atomic mass is 19.4. The fourth-order valence-electron chi connectivity index (χ4n) is 3.30. The maximum absolute atomic E-state index is 13.7. The Hall–Kier alpha value is -3.70. The predicted octanol–water partition coefficient (Wildman–Crippen LogP) is 2.62. The van der Waals surface area contributed by atoms with Crippen LogP contribution in [0.2, 0.25) is 0 Å². The Kier molecular flexibility index (Phi) is 5.21. The van der Waals surface area contributed by atoms with Crippen LogP contribution in [0.3, 0.4) is 0 Å². The molecule has 1 unspecified atom stereocenters. The van der Waals surface area contributed by atoms with Gasteiger partial charge in [-0.15, -0.1) is 0 Å². The molecule has 0 spiro atoms. The van der Waals surface area contributed by atoms with Gasteiger partial charge in [0.1, 0.15) is 11.3 Å². The highest BCUT2D eigenvalue weighted by molar-refractivity contribution is 5.74. The number of pyridine rings is 1. The largest absolute Gasteiger partial charge is 0.415 e. The number of aromatic nitrogens is 7. The second kappa shape index (κ2) is 7.85. The molecular weight excluding hydrogens is 415 g/mol. The summed E-state index contributed by atoms with van der Waals surface area (Å²) in [5.74, 6) is 0.120. The summed E-state index contributed by atoms with van der Waals surface area (Å²) >= 11 is 0. The van der Waals surface area contributed by atoms with Crippen LogP contribution in [-0.4, -0.2) is 40.5 Å². The standard InChI is InChI=1S/C19H18F3N7O2/c1-2-3-7-28-17(30)13-16(27-18(28)31)26-15(25-13)12-9-24-29(10-12)14(19(20,21)22)11-5-4-6-23-8-11/h4-6,8-10,14H,2-3,7H2,1H3,(H,25,26)(H,27,31). The molecule has 1 atom stereocenters. The third kappa shape index (κ3) is 3.88. The molecule has 0 radical (unpaired) electrons. The van der Waals surface area contributed by atoms with E-state index in [1.54, 1.807) is 0 Å². The first kappa shape index (κ1) is 20.6. The molecule has 0 aliphatic carbocycles. The number of halogens is 3. The average Bonchev–Trinajstić information content (AvgIpc) is 3.35. The van der Waals surface area contributed by atoms with Crippen molar-refractivity contribution in [1.29, 1.82) is 0 Å². The topological polar surface area (TPSA) is 114 Å². The van der Waals surface area contributed by atoms with E-state index in [0.717, 1.165) is 21.9 Å². The minimum absolute atomic E-state index is 0.0325. The normalized spacial score (nSPS) is 13.0. The summed E-state index contributed by atoms with van der Waals surface area (Å²) in [6.45, 7) is 2.19. The van der Waals surface area contributed by atoms with Crippen molar-refractivity contribution in [2.45, 2.75) is 38.5 Å². The molecule has 0 aliphatic heterocycles. The molecule has 0 fully saturated rings. The van der Waals surface area contributed by atoms with Crippen LogP contribution in [0, 0.1) is 0 Å². The average molecular weight is 433 g/mol. The third-order valence-corrected chi connectivity index (χ3v) is 4.82. The number of aromatic amines is 2. The monoisotopic (exact) mass is 433 g/mol. The number of rotatable bonds is 6. The second-order valence-corrected chi connectivity index (χ2v) is 6.99. The van der Waals surface area contributed by atoms with Crippen LogP contribution in [0.1, 0.15) is 31.4 Å².